The molecule has 1 amide bonds. The molecule has 3 rings (SSSR count). The monoisotopic (exact) mass is 415 g/mol. The Kier molecular flexibility index (Phi) is 5.88. The number of sulfonamides is 1. The molecule has 0 aliphatic rings. The van der Waals surface area contributed by atoms with Crippen LogP contribution in [0.1, 0.15) is 16.9 Å². The Morgan fingerprint density at radius 3 is 2.41 bits per heavy atom. The van der Waals surface area contributed by atoms with Crippen LogP contribution in [0.2, 0.25) is 0 Å². The van der Waals surface area contributed by atoms with Gasteiger partial charge < -0.3 is 14.6 Å². The van der Waals surface area contributed by atoms with Crippen LogP contribution < -0.4 is 14.8 Å². The molecule has 0 spiro atoms. The smallest absolute Gasteiger partial charge is 0.263 e. The summed E-state index contributed by atoms with van der Waals surface area (Å²) in [5, 5.41) is 6.37. The highest BCUT2D eigenvalue weighted by molar-refractivity contribution is 7.92. The van der Waals surface area contributed by atoms with Crippen molar-refractivity contribution in [3.63, 3.8) is 0 Å². The van der Waals surface area contributed by atoms with Gasteiger partial charge in [0.15, 0.2) is 5.82 Å². The lowest BCUT2D eigenvalue weighted by molar-refractivity contribution is -0.115. The molecule has 29 heavy (non-hydrogen) atoms. The fraction of sp³-hybridized carbons (Fsp3) is 0.200. The Labute approximate surface area is 168 Å². The lowest BCUT2D eigenvalue weighted by Crippen LogP contribution is -2.15. The molecule has 1 heterocycles. The van der Waals surface area contributed by atoms with Crippen molar-refractivity contribution in [2.75, 3.05) is 17.1 Å². The minimum absolute atomic E-state index is 0.0435. The summed E-state index contributed by atoms with van der Waals surface area (Å²) in [6, 6.07) is 12.9. The maximum Gasteiger partial charge on any atom is 0.263 e. The number of ether oxygens (including phenoxy) is 1. The van der Waals surface area contributed by atoms with E-state index in [4.69, 9.17) is 9.26 Å². The number of nitrogens with one attached hydrogen (secondary N) is 2. The number of hydrogen-bond donors (Lipinski definition) is 2. The highest BCUT2D eigenvalue weighted by Crippen LogP contribution is 2.20. The molecular weight excluding hydrogens is 394 g/mol. The third-order valence-electron chi connectivity index (χ3n) is 4.14. The van der Waals surface area contributed by atoms with Crippen molar-refractivity contribution in [1.82, 2.24) is 5.16 Å². The molecule has 0 unspecified atom stereocenters. The van der Waals surface area contributed by atoms with Crippen LogP contribution in [0.25, 0.3) is 0 Å². The van der Waals surface area contributed by atoms with Gasteiger partial charge in [-0.3, -0.25) is 9.52 Å². The number of hydrogen-bond acceptors (Lipinski definition) is 6. The zero-order valence-corrected chi connectivity index (χ0v) is 17.0. The molecule has 0 radical (unpaired) electrons. The van der Waals surface area contributed by atoms with Gasteiger partial charge >= 0.3 is 0 Å². The Hall–Kier alpha value is -3.33. The molecule has 0 aliphatic heterocycles. The van der Waals surface area contributed by atoms with Gasteiger partial charge in [0.1, 0.15) is 11.5 Å². The second-order valence-electron chi connectivity index (χ2n) is 6.48. The summed E-state index contributed by atoms with van der Waals surface area (Å²) >= 11 is 0. The van der Waals surface area contributed by atoms with Crippen molar-refractivity contribution in [3.05, 3.63) is 65.4 Å². The van der Waals surface area contributed by atoms with Gasteiger partial charge in [0.25, 0.3) is 10.0 Å². The minimum atomic E-state index is -3.80. The summed E-state index contributed by atoms with van der Waals surface area (Å²) in [5.74, 6) is 1.16. The van der Waals surface area contributed by atoms with Gasteiger partial charge in [0, 0.05) is 11.8 Å². The van der Waals surface area contributed by atoms with Crippen LogP contribution in [0.15, 0.2) is 57.9 Å². The van der Waals surface area contributed by atoms with E-state index in [1.54, 1.807) is 14.0 Å². The van der Waals surface area contributed by atoms with Gasteiger partial charge in [-0.15, -0.1) is 0 Å². The Bertz CT molecular complexity index is 1120. The van der Waals surface area contributed by atoms with Gasteiger partial charge in [-0.2, -0.15) is 0 Å². The first kappa shape index (κ1) is 20.4. The van der Waals surface area contributed by atoms with Gasteiger partial charge in [-0.1, -0.05) is 17.3 Å². The molecule has 0 bridgehead atoms. The van der Waals surface area contributed by atoms with E-state index < -0.39 is 10.0 Å². The molecule has 1 aromatic heterocycles. The Morgan fingerprint density at radius 2 is 1.83 bits per heavy atom. The molecule has 2 N–H and O–H groups in total. The third-order valence-corrected chi connectivity index (χ3v) is 5.51. The maximum atomic E-state index is 12.4. The van der Waals surface area contributed by atoms with Crippen molar-refractivity contribution in [1.29, 1.82) is 0 Å². The van der Waals surface area contributed by atoms with E-state index in [0.717, 1.165) is 16.9 Å². The van der Waals surface area contributed by atoms with E-state index in [1.807, 2.05) is 25.1 Å². The number of carbonyl (C=O) groups excluding carboxylic acids is 1. The summed E-state index contributed by atoms with van der Waals surface area (Å²) in [6.07, 6.45) is 0.192. The van der Waals surface area contributed by atoms with Crippen LogP contribution in [-0.4, -0.2) is 26.6 Å². The molecule has 0 fully saturated rings. The van der Waals surface area contributed by atoms with Crippen LogP contribution in [0.4, 0.5) is 11.5 Å². The zero-order chi connectivity index (χ0) is 21.0. The van der Waals surface area contributed by atoms with E-state index in [1.165, 1.54) is 30.3 Å². The number of methoxy groups -OCH3 is 1. The van der Waals surface area contributed by atoms with E-state index in [0.29, 0.717) is 11.4 Å². The summed E-state index contributed by atoms with van der Waals surface area (Å²) in [6.45, 7) is 3.57. The molecular formula is C20H21N3O5S. The maximum absolute atomic E-state index is 12.4. The standard InChI is InChI=1S/C20H21N3O5S/c1-13-10-15(4-9-18(13)27-3)12-20(24)21-16-5-7-17(8-6-16)29(25,26)23-19-11-14(2)28-22-19/h4-11H,12H2,1-3H3,(H,21,24)(H,22,23). The van der Waals surface area contributed by atoms with Crippen LogP contribution in [0.3, 0.4) is 0 Å². The Morgan fingerprint density at radius 1 is 1.10 bits per heavy atom. The molecule has 2 aromatic carbocycles. The lowest BCUT2D eigenvalue weighted by Gasteiger charge is -2.09. The molecule has 0 saturated heterocycles. The van der Waals surface area contributed by atoms with E-state index in [2.05, 4.69) is 15.2 Å². The van der Waals surface area contributed by atoms with Crippen LogP contribution in [0.5, 0.6) is 5.75 Å². The fourth-order valence-corrected chi connectivity index (χ4v) is 3.75. The van der Waals surface area contributed by atoms with Crippen molar-refractivity contribution in [3.8, 4) is 5.75 Å². The zero-order valence-electron chi connectivity index (χ0n) is 16.2. The third kappa shape index (κ3) is 5.14. The number of anilines is 2. The topological polar surface area (TPSA) is 111 Å². The average molecular weight is 415 g/mol. The molecule has 9 heteroatoms. The SMILES string of the molecule is COc1ccc(CC(=O)Nc2ccc(S(=O)(=O)Nc3cc(C)on3)cc2)cc1C. The first-order valence-electron chi connectivity index (χ1n) is 8.76. The Balaban J connectivity index is 1.64. The van der Waals surface area contributed by atoms with Crippen molar-refractivity contribution in [2.45, 2.75) is 25.2 Å². The van der Waals surface area contributed by atoms with Gasteiger partial charge in [0.05, 0.1) is 18.4 Å². The van der Waals surface area contributed by atoms with Gasteiger partial charge in [-0.05, 0) is 55.3 Å². The van der Waals surface area contributed by atoms with Crippen LogP contribution >= 0.6 is 0 Å². The molecule has 0 saturated carbocycles. The lowest BCUT2D eigenvalue weighted by atomic mass is 10.1. The molecule has 0 atom stereocenters. The molecule has 3 aromatic rings. The normalized spacial score (nSPS) is 11.1. The fourth-order valence-electron chi connectivity index (χ4n) is 2.77. The predicted octanol–water partition coefficient (Wildman–Crippen LogP) is 3.28. The van der Waals surface area contributed by atoms with Crippen molar-refractivity contribution < 1.29 is 22.5 Å². The minimum Gasteiger partial charge on any atom is -0.496 e. The van der Waals surface area contributed by atoms with E-state index in [9.17, 15) is 13.2 Å². The summed E-state index contributed by atoms with van der Waals surface area (Å²) in [7, 11) is -2.20. The van der Waals surface area contributed by atoms with E-state index >= 15 is 0 Å². The average Bonchev–Trinajstić information content (AvgIpc) is 3.06. The highest BCUT2D eigenvalue weighted by atomic mass is 32.2. The quantitative estimate of drug-likeness (QED) is 0.613. The number of aromatic nitrogens is 1. The summed E-state index contributed by atoms with van der Waals surface area (Å²) in [4.78, 5) is 12.3. The first-order chi connectivity index (χ1) is 13.8. The largest absolute Gasteiger partial charge is 0.496 e. The van der Waals surface area contributed by atoms with Crippen molar-refractivity contribution in [2.24, 2.45) is 0 Å². The summed E-state index contributed by atoms with van der Waals surface area (Å²) in [5.41, 5.74) is 2.30. The van der Waals surface area contributed by atoms with Crippen LogP contribution in [-0.2, 0) is 21.2 Å². The predicted molar refractivity (Wildman–Crippen MR) is 109 cm³/mol. The number of nitrogens with zero attached hydrogens (tertiary/aromatic N) is 1. The summed E-state index contributed by atoms with van der Waals surface area (Å²) < 4.78 is 37.2. The number of carbonyl (C=O) groups is 1. The molecule has 0 aliphatic carbocycles. The van der Waals surface area contributed by atoms with E-state index in [-0.39, 0.29) is 23.0 Å². The van der Waals surface area contributed by atoms with Gasteiger partial charge in [-0.25, -0.2) is 8.42 Å². The second-order valence-corrected chi connectivity index (χ2v) is 8.16. The van der Waals surface area contributed by atoms with Crippen LogP contribution in [0, 0.1) is 13.8 Å². The van der Waals surface area contributed by atoms with Crippen molar-refractivity contribution >= 4 is 27.4 Å². The molecule has 8 nitrogen and oxygen atoms in total. The van der Waals surface area contributed by atoms with Gasteiger partial charge in [0.2, 0.25) is 5.91 Å². The first-order valence-corrected chi connectivity index (χ1v) is 10.2. The second kappa shape index (κ2) is 8.36. The number of aryl methyl sites for hydroxylation is 2. The number of benzene rings is 2. The number of rotatable bonds is 7. The molecule has 152 valence electrons. The highest BCUT2D eigenvalue weighted by Gasteiger charge is 2.16. The number of amides is 1.